The number of nitrogens with one attached hydrogen (secondary N) is 1. The summed E-state index contributed by atoms with van der Waals surface area (Å²) in [6.45, 7) is 7.16. The number of ether oxygens (including phenoxy) is 3. The van der Waals surface area contributed by atoms with Crippen molar-refractivity contribution in [2.75, 3.05) is 81.3 Å². The minimum atomic E-state index is -0.463. The highest BCUT2D eigenvalue weighted by Gasteiger charge is 2.21. The van der Waals surface area contributed by atoms with Gasteiger partial charge in [0.05, 0.1) is 38.8 Å². The minimum absolute atomic E-state index is 0.0918. The molecule has 160 valence electrons. The first-order chi connectivity index (χ1) is 14.2. The molecule has 1 aromatic heterocycles. The quantitative estimate of drug-likeness (QED) is 0.420. The lowest BCUT2D eigenvalue weighted by Gasteiger charge is -2.30. The molecule has 0 aromatic carbocycles. The van der Waals surface area contributed by atoms with Crippen LogP contribution in [0, 0.1) is 0 Å². The number of esters is 1. The Morgan fingerprint density at radius 1 is 1.00 bits per heavy atom. The second-order valence-corrected chi connectivity index (χ2v) is 7.23. The zero-order chi connectivity index (χ0) is 20.5. The first-order valence-electron chi connectivity index (χ1n) is 9.62. The summed E-state index contributed by atoms with van der Waals surface area (Å²) in [5.74, 6) is 0.507. The summed E-state index contributed by atoms with van der Waals surface area (Å²) in [5.41, 5.74) is 0. The van der Waals surface area contributed by atoms with Crippen LogP contribution in [0.25, 0.3) is 0 Å². The molecule has 3 rings (SSSR count). The highest BCUT2D eigenvalue weighted by molar-refractivity contribution is 7.99. The van der Waals surface area contributed by atoms with Crippen molar-refractivity contribution in [3.63, 3.8) is 0 Å². The number of anilines is 2. The maximum atomic E-state index is 12.0. The van der Waals surface area contributed by atoms with Crippen LogP contribution in [0.5, 0.6) is 0 Å². The first-order valence-corrected chi connectivity index (χ1v) is 10.6. The fraction of sp³-hybridized carbons (Fsp3) is 0.706. The zero-order valence-corrected chi connectivity index (χ0v) is 17.3. The Kier molecular flexibility index (Phi) is 8.25. The van der Waals surface area contributed by atoms with E-state index in [4.69, 9.17) is 14.2 Å². The second-order valence-electron chi connectivity index (χ2n) is 6.29. The molecule has 0 spiro atoms. The predicted octanol–water partition coefficient (Wildman–Crippen LogP) is -0.684. The Hall–Kier alpha value is -2.18. The Morgan fingerprint density at radius 2 is 1.55 bits per heavy atom. The van der Waals surface area contributed by atoms with Crippen molar-refractivity contribution in [2.24, 2.45) is 0 Å². The number of aromatic nitrogens is 3. The molecule has 0 radical (unpaired) electrons. The number of morpholine rings is 2. The van der Waals surface area contributed by atoms with Gasteiger partial charge >= 0.3 is 5.97 Å². The summed E-state index contributed by atoms with van der Waals surface area (Å²) < 4.78 is 15.6. The highest BCUT2D eigenvalue weighted by atomic mass is 32.2. The molecule has 3 heterocycles. The lowest BCUT2D eigenvalue weighted by Crippen LogP contribution is -2.40. The molecule has 0 saturated carbocycles. The number of thioether (sulfide) groups is 1. The van der Waals surface area contributed by atoms with Gasteiger partial charge in [0.15, 0.2) is 5.16 Å². The van der Waals surface area contributed by atoms with Crippen LogP contribution in [0.4, 0.5) is 11.9 Å². The number of hydrogen-bond acceptors (Lipinski definition) is 11. The van der Waals surface area contributed by atoms with Crippen molar-refractivity contribution in [3.8, 4) is 0 Å². The zero-order valence-electron chi connectivity index (χ0n) is 16.5. The van der Waals surface area contributed by atoms with Crippen molar-refractivity contribution in [1.29, 1.82) is 0 Å². The van der Waals surface area contributed by atoms with E-state index in [0.717, 1.165) is 0 Å². The Labute approximate surface area is 173 Å². The second kappa shape index (κ2) is 11.1. The van der Waals surface area contributed by atoms with Crippen LogP contribution >= 0.6 is 11.8 Å². The van der Waals surface area contributed by atoms with Gasteiger partial charge in [-0.2, -0.15) is 15.0 Å². The molecular weight excluding hydrogens is 400 g/mol. The fourth-order valence-corrected chi connectivity index (χ4v) is 3.43. The molecule has 2 saturated heterocycles. The minimum Gasteiger partial charge on any atom is -0.465 e. The van der Waals surface area contributed by atoms with Crippen LogP contribution in [-0.2, 0) is 23.8 Å². The molecule has 1 amide bonds. The molecule has 2 fully saturated rings. The first kappa shape index (κ1) is 21.5. The molecule has 12 heteroatoms. The average molecular weight is 426 g/mol. The molecule has 2 aliphatic rings. The maximum Gasteiger partial charge on any atom is 0.325 e. The SMILES string of the molecule is CCOC(=O)CNC(=O)CSc1nc(N2CCOCC2)nc(N2CCOCC2)n1. The van der Waals surface area contributed by atoms with E-state index in [1.54, 1.807) is 6.92 Å². The van der Waals surface area contributed by atoms with E-state index in [-0.39, 0.29) is 24.8 Å². The van der Waals surface area contributed by atoms with Gasteiger partial charge in [-0.1, -0.05) is 11.8 Å². The highest BCUT2D eigenvalue weighted by Crippen LogP contribution is 2.21. The summed E-state index contributed by atoms with van der Waals surface area (Å²) in [7, 11) is 0. The summed E-state index contributed by atoms with van der Waals surface area (Å²) in [4.78, 5) is 41.2. The Balaban J connectivity index is 1.65. The van der Waals surface area contributed by atoms with E-state index in [1.807, 2.05) is 0 Å². The Morgan fingerprint density at radius 3 is 2.07 bits per heavy atom. The van der Waals surface area contributed by atoms with E-state index >= 15 is 0 Å². The van der Waals surface area contributed by atoms with Crippen molar-refractivity contribution in [3.05, 3.63) is 0 Å². The third-order valence-electron chi connectivity index (χ3n) is 4.25. The molecule has 1 N–H and O–H groups in total. The van der Waals surface area contributed by atoms with E-state index in [2.05, 4.69) is 30.1 Å². The number of nitrogens with zero attached hydrogens (tertiary/aromatic N) is 5. The molecule has 0 aliphatic carbocycles. The Bertz CT molecular complexity index is 661. The smallest absolute Gasteiger partial charge is 0.325 e. The van der Waals surface area contributed by atoms with E-state index < -0.39 is 5.97 Å². The summed E-state index contributed by atoms with van der Waals surface area (Å²) in [6, 6.07) is 0. The fourth-order valence-electron chi connectivity index (χ4n) is 2.77. The predicted molar refractivity (Wildman–Crippen MR) is 106 cm³/mol. The standard InChI is InChI=1S/C17H26N6O5S/c1-2-28-14(25)11-18-13(24)12-29-17-20-15(22-3-7-26-8-4-22)19-16(21-17)23-5-9-27-10-6-23/h2-12H2,1H3,(H,18,24). The number of amides is 1. The van der Waals surface area contributed by atoms with Crippen molar-refractivity contribution >= 4 is 35.5 Å². The third-order valence-corrected chi connectivity index (χ3v) is 5.09. The molecule has 2 aliphatic heterocycles. The number of carbonyl (C=O) groups excluding carboxylic acids is 2. The molecule has 1 aromatic rings. The van der Waals surface area contributed by atoms with Gasteiger partial charge in [0.2, 0.25) is 17.8 Å². The molecule has 11 nitrogen and oxygen atoms in total. The van der Waals surface area contributed by atoms with Crippen LogP contribution in [-0.4, -0.2) is 98.3 Å². The van der Waals surface area contributed by atoms with Gasteiger partial charge in [-0.05, 0) is 6.92 Å². The largest absolute Gasteiger partial charge is 0.465 e. The van der Waals surface area contributed by atoms with E-state index in [1.165, 1.54) is 11.8 Å². The van der Waals surface area contributed by atoms with Crippen molar-refractivity contribution in [2.45, 2.75) is 12.1 Å². The molecule has 0 atom stereocenters. The van der Waals surface area contributed by atoms with Crippen LogP contribution in [0.2, 0.25) is 0 Å². The van der Waals surface area contributed by atoms with Crippen LogP contribution in [0.15, 0.2) is 5.16 Å². The molecule has 0 bridgehead atoms. The average Bonchev–Trinajstić information content (AvgIpc) is 2.77. The van der Waals surface area contributed by atoms with E-state index in [9.17, 15) is 9.59 Å². The summed E-state index contributed by atoms with van der Waals surface area (Å²) >= 11 is 1.21. The third kappa shape index (κ3) is 6.68. The van der Waals surface area contributed by atoms with Crippen molar-refractivity contribution in [1.82, 2.24) is 20.3 Å². The normalized spacial score (nSPS) is 17.1. The van der Waals surface area contributed by atoms with Crippen LogP contribution < -0.4 is 15.1 Å². The molecule has 29 heavy (non-hydrogen) atoms. The topological polar surface area (TPSA) is 119 Å². The van der Waals surface area contributed by atoms with Gasteiger partial charge in [0.25, 0.3) is 0 Å². The van der Waals surface area contributed by atoms with Crippen LogP contribution in [0.3, 0.4) is 0 Å². The van der Waals surface area contributed by atoms with Gasteiger partial charge in [0.1, 0.15) is 6.54 Å². The lowest BCUT2D eigenvalue weighted by atomic mass is 10.4. The number of carbonyl (C=O) groups is 2. The maximum absolute atomic E-state index is 12.0. The number of rotatable bonds is 8. The van der Waals surface area contributed by atoms with Gasteiger partial charge in [-0.3, -0.25) is 9.59 Å². The van der Waals surface area contributed by atoms with Gasteiger partial charge in [0, 0.05) is 26.2 Å². The number of hydrogen-bond donors (Lipinski definition) is 1. The lowest BCUT2D eigenvalue weighted by molar-refractivity contribution is -0.143. The molecule has 0 unspecified atom stereocenters. The summed E-state index contributed by atoms with van der Waals surface area (Å²) in [5, 5.41) is 3.00. The van der Waals surface area contributed by atoms with Crippen molar-refractivity contribution < 1.29 is 23.8 Å². The van der Waals surface area contributed by atoms with E-state index in [0.29, 0.717) is 69.7 Å². The van der Waals surface area contributed by atoms with Gasteiger partial charge < -0.3 is 29.3 Å². The monoisotopic (exact) mass is 426 g/mol. The summed E-state index contributed by atoms with van der Waals surface area (Å²) in [6.07, 6.45) is 0. The molecular formula is C17H26N6O5S. The van der Waals surface area contributed by atoms with Gasteiger partial charge in [-0.15, -0.1) is 0 Å². The van der Waals surface area contributed by atoms with Crippen LogP contribution in [0.1, 0.15) is 6.92 Å². The van der Waals surface area contributed by atoms with Gasteiger partial charge in [-0.25, -0.2) is 0 Å².